The summed E-state index contributed by atoms with van der Waals surface area (Å²) in [6, 6.07) is 21.4. The lowest BCUT2D eigenvalue weighted by Gasteiger charge is -2.02. The number of terminal acetylenes is 2. The van der Waals surface area contributed by atoms with Gasteiger partial charge in [-0.2, -0.15) is 0 Å². The molecule has 0 aliphatic rings. The molecular weight excluding hydrogens is 336 g/mol. The van der Waals surface area contributed by atoms with Gasteiger partial charge in [0.15, 0.2) is 0 Å². The van der Waals surface area contributed by atoms with Crippen LogP contribution in [0.5, 0.6) is 0 Å². The predicted octanol–water partition coefficient (Wildman–Crippen LogP) is 5.25. The van der Waals surface area contributed by atoms with Crippen molar-refractivity contribution in [1.82, 2.24) is 0 Å². The second-order valence-corrected chi connectivity index (χ2v) is 5.05. The average Bonchev–Trinajstić information content (AvgIpc) is 2.75. The van der Waals surface area contributed by atoms with Crippen molar-refractivity contribution in [2.75, 3.05) is 0 Å². The molecule has 0 heterocycles. The first-order chi connectivity index (χ1) is 13.9. The van der Waals surface area contributed by atoms with Crippen molar-refractivity contribution < 1.29 is 5.71 Å². The molecule has 0 radical (unpaired) electrons. The lowest BCUT2D eigenvalue weighted by atomic mass is 10.0. The minimum Gasteiger partial charge on any atom is -0.106 e. The summed E-state index contributed by atoms with van der Waals surface area (Å²) in [5.41, 5.74) is 0. The Hall–Kier alpha value is -4.90. The van der Waals surface area contributed by atoms with Crippen LogP contribution in [0.2, 0.25) is 0 Å². The predicted molar refractivity (Wildman–Crippen MR) is 126 cm³/mol. The lowest BCUT2D eigenvalue weighted by Crippen LogP contribution is -1.75. The number of hydrogen-bond acceptors (Lipinski definition) is 0. The Bertz CT molecular complexity index is 1300. The molecule has 0 bridgehead atoms. The molecule has 0 aliphatic carbocycles. The summed E-state index contributed by atoms with van der Waals surface area (Å²) in [4.78, 5) is 0. The molecule has 0 saturated carbocycles. The van der Waals surface area contributed by atoms with E-state index in [1.165, 1.54) is 21.5 Å². The van der Waals surface area contributed by atoms with Crippen molar-refractivity contribution in [1.29, 1.82) is 0 Å². The fourth-order valence-electron chi connectivity index (χ4n) is 2.28. The van der Waals surface area contributed by atoms with Crippen LogP contribution in [0.1, 0.15) is 5.71 Å². The Kier molecular flexibility index (Phi) is 8.06. The highest BCUT2D eigenvalue weighted by molar-refractivity contribution is 6.07. The van der Waals surface area contributed by atoms with Gasteiger partial charge in [0, 0.05) is 5.71 Å². The molecule has 0 saturated heterocycles. The summed E-state index contributed by atoms with van der Waals surface area (Å²) < 4.78 is 0. The summed E-state index contributed by atoms with van der Waals surface area (Å²) in [5.74, 6) is 28.3. The van der Waals surface area contributed by atoms with Gasteiger partial charge in [0.05, 0.1) is 0 Å². The lowest BCUT2D eigenvalue weighted by molar-refractivity contribution is 1.76. The standard InChI is InChI=1S/C14H10.C14H2.4H2/c1-3-7-13-11(5-1)9-10-12-6-2-4-8-14(12)13;1-3-5-7-9-11-13-14-12-10-8-6-4-2;;;;/h1-10H;1-2H;4*1H. The van der Waals surface area contributed by atoms with Gasteiger partial charge >= 0.3 is 0 Å². The minimum absolute atomic E-state index is 0. The van der Waals surface area contributed by atoms with Crippen LogP contribution in [0, 0.1) is 83.9 Å². The average molecular weight is 356 g/mol. The zero-order valence-electron chi connectivity index (χ0n) is 14.9. The molecule has 0 atom stereocenters. The second-order valence-electron chi connectivity index (χ2n) is 5.05. The molecule has 132 valence electrons. The van der Waals surface area contributed by atoms with Crippen molar-refractivity contribution in [3.05, 3.63) is 60.7 Å². The molecule has 0 spiro atoms. The van der Waals surface area contributed by atoms with E-state index in [1.54, 1.807) is 0 Å². The Morgan fingerprint density at radius 1 is 0.429 bits per heavy atom. The normalized spacial score (nSPS) is 7.21. The van der Waals surface area contributed by atoms with Crippen LogP contribution < -0.4 is 0 Å². The van der Waals surface area contributed by atoms with Gasteiger partial charge in [0.1, 0.15) is 0 Å². The first-order valence-corrected chi connectivity index (χ1v) is 8.14. The molecule has 0 nitrogen and oxygen atoms in total. The van der Waals surface area contributed by atoms with Crippen molar-refractivity contribution >= 4 is 21.5 Å². The van der Waals surface area contributed by atoms with Gasteiger partial charge in [-0.3, -0.25) is 0 Å². The van der Waals surface area contributed by atoms with E-state index in [-0.39, 0.29) is 5.71 Å². The number of fused-ring (bicyclic) bond motifs is 3. The molecule has 0 fully saturated rings. The maximum absolute atomic E-state index is 4.86. The smallest absolute Gasteiger partial charge is 0 e. The molecule has 3 rings (SSSR count). The van der Waals surface area contributed by atoms with E-state index in [4.69, 9.17) is 12.8 Å². The van der Waals surface area contributed by atoms with Crippen LogP contribution in [0.25, 0.3) is 21.5 Å². The Morgan fingerprint density at radius 2 is 0.750 bits per heavy atom. The summed E-state index contributed by atoms with van der Waals surface area (Å²) in [6.45, 7) is 0. The van der Waals surface area contributed by atoms with E-state index in [0.717, 1.165) is 0 Å². The summed E-state index contributed by atoms with van der Waals surface area (Å²) >= 11 is 0. The van der Waals surface area contributed by atoms with E-state index in [9.17, 15) is 0 Å². The van der Waals surface area contributed by atoms with Gasteiger partial charge in [-0.1, -0.05) is 60.7 Å². The summed E-state index contributed by atoms with van der Waals surface area (Å²) in [6.07, 6.45) is 9.71. The molecule has 3 aromatic carbocycles. The van der Waals surface area contributed by atoms with Crippen molar-refractivity contribution in [3.63, 3.8) is 0 Å². The Labute approximate surface area is 172 Å². The highest BCUT2D eigenvalue weighted by Gasteiger charge is 1.97. The third-order valence-electron chi connectivity index (χ3n) is 3.36. The van der Waals surface area contributed by atoms with Crippen molar-refractivity contribution in [3.8, 4) is 83.9 Å². The van der Waals surface area contributed by atoms with Crippen LogP contribution in [-0.2, 0) is 0 Å². The minimum atomic E-state index is 0. The quantitative estimate of drug-likeness (QED) is 0.381. The highest BCUT2D eigenvalue weighted by atomic mass is 14.0. The molecule has 0 aliphatic heterocycles. The van der Waals surface area contributed by atoms with E-state index < -0.39 is 0 Å². The van der Waals surface area contributed by atoms with Gasteiger partial charge in [-0.25, -0.2) is 0 Å². The SMILES string of the molecule is C#CC#CC#CC#CC#CC#CC#C.[HH].[HH].[HH].[HH].c1ccc2c(c1)ccc1ccccc12. The fraction of sp³-hybridized carbons (Fsp3) is 0. The van der Waals surface area contributed by atoms with Gasteiger partial charge in [0.2, 0.25) is 0 Å². The molecular formula is C28H20. The molecule has 28 heavy (non-hydrogen) atoms. The summed E-state index contributed by atoms with van der Waals surface area (Å²) in [5, 5.41) is 5.30. The second kappa shape index (κ2) is 11.6. The van der Waals surface area contributed by atoms with Crippen LogP contribution in [0.3, 0.4) is 0 Å². The Morgan fingerprint density at radius 3 is 1.11 bits per heavy atom. The molecule has 0 heteroatoms. The fourth-order valence-corrected chi connectivity index (χ4v) is 2.28. The van der Waals surface area contributed by atoms with E-state index >= 15 is 0 Å². The van der Waals surface area contributed by atoms with Crippen molar-refractivity contribution in [2.45, 2.75) is 0 Å². The molecule has 0 unspecified atom stereocenters. The molecule has 0 amide bonds. The maximum Gasteiger partial charge on any atom is 0 e. The monoisotopic (exact) mass is 356 g/mol. The largest absolute Gasteiger partial charge is 0.106 e. The van der Waals surface area contributed by atoms with Gasteiger partial charge in [-0.05, 0) is 92.6 Å². The maximum atomic E-state index is 4.86. The molecule has 0 aromatic heterocycles. The first-order valence-electron chi connectivity index (χ1n) is 8.14. The molecule has 3 aromatic rings. The zero-order chi connectivity index (χ0) is 19.9. The van der Waals surface area contributed by atoms with E-state index in [0.29, 0.717) is 0 Å². The molecule has 0 N–H and O–H groups in total. The van der Waals surface area contributed by atoms with Crippen LogP contribution in [0.4, 0.5) is 0 Å². The number of benzene rings is 3. The summed E-state index contributed by atoms with van der Waals surface area (Å²) in [7, 11) is 0. The van der Waals surface area contributed by atoms with Crippen molar-refractivity contribution in [2.24, 2.45) is 0 Å². The topological polar surface area (TPSA) is 0 Å². The third-order valence-corrected chi connectivity index (χ3v) is 3.36. The van der Waals surface area contributed by atoms with Gasteiger partial charge in [-0.15, -0.1) is 12.8 Å². The van der Waals surface area contributed by atoms with Crippen LogP contribution in [0.15, 0.2) is 60.7 Å². The van der Waals surface area contributed by atoms with Gasteiger partial charge in [0.25, 0.3) is 0 Å². The van der Waals surface area contributed by atoms with Crippen LogP contribution in [-0.4, -0.2) is 0 Å². The van der Waals surface area contributed by atoms with E-state index in [1.807, 2.05) is 0 Å². The Balaban J connectivity index is -0.000000467. The number of hydrogen-bond donors (Lipinski definition) is 0. The highest BCUT2D eigenvalue weighted by Crippen LogP contribution is 2.24. The first kappa shape index (κ1) is 19.4. The zero-order valence-corrected chi connectivity index (χ0v) is 14.9. The van der Waals surface area contributed by atoms with E-state index in [2.05, 4.69) is 132 Å². The number of rotatable bonds is 0. The third kappa shape index (κ3) is 6.19. The van der Waals surface area contributed by atoms with Crippen LogP contribution >= 0.6 is 0 Å². The van der Waals surface area contributed by atoms with Gasteiger partial charge < -0.3 is 0 Å².